The van der Waals surface area contributed by atoms with Crippen molar-refractivity contribution in [2.75, 3.05) is 46.3 Å². The lowest BCUT2D eigenvalue weighted by molar-refractivity contribution is 0.126. The van der Waals surface area contributed by atoms with Gasteiger partial charge in [0.15, 0.2) is 17.4 Å². The van der Waals surface area contributed by atoms with Crippen LogP contribution in [-0.4, -0.2) is 76.7 Å². The van der Waals surface area contributed by atoms with E-state index in [4.69, 9.17) is 0 Å². The molecule has 0 aliphatic carbocycles. The molecular weight excluding hydrogens is 515 g/mol. The predicted octanol–water partition coefficient (Wildman–Crippen LogP) is 2.22. The van der Waals surface area contributed by atoms with Gasteiger partial charge in [0.25, 0.3) is 0 Å². The zero-order chi connectivity index (χ0) is 21.3. The van der Waals surface area contributed by atoms with Crippen molar-refractivity contribution < 1.29 is 0 Å². The van der Waals surface area contributed by atoms with Crippen molar-refractivity contribution in [3.8, 4) is 0 Å². The van der Waals surface area contributed by atoms with Crippen molar-refractivity contribution in [3.05, 3.63) is 66.1 Å². The van der Waals surface area contributed by atoms with Crippen LogP contribution in [0.15, 0.2) is 59.7 Å². The highest BCUT2D eigenvalue weighted by Crippen LogP contribution is 2.08. The third-order valence-corrected chi connectivity index (χ3v) is 5.68. The summed E-state index contributed by atoms with van der Waals surface area (Å²) in [6, 6.07) is 16.6. The fraction of sp³-hybridized carbons (Fsp3) is 0.435. The smallest absolute Gasteiger partial charge is 0.191 e. The number of nitrogens with one attached hydrogen (secondary N) is 2. The van der Waals surface area contributed by atoms with Crippen LogP contribution in [0.4, 0.5) is 0 Å². The van der Waals surface area contributed by atoms with Crippen LogP contribution in [0.2, 0.25) is 0 Å². The number of hydrogen-bond donors (Lipinski definition) is 2. The molecule has 8 nitrogen and oxygen atoms in total. The van der Waals surface area contributed by atoms with Gasteiger partial charge in [0.2, 0.25) is 0 Å². The average Bonchev–Trinajstić information content (AvgIpc) is 3.23. The minimum Gasteiger partial charge on any atom is -0.356 e. The van der Waals surface area contributed by atoms with E-state index in [1.165, 1.54) is 5.56 Å². The summed E-state index contributed by atoms with van der Waals surface area (Å²) in [6.07, 6.45) is 3.06. The quantitative estimate of drug-likeness (QED) is 0.195. The molecule has 0 saturated carbocycles. The minimum atomic E-state index is 0. The van der Waals surface area contributed by atoms with Gasteiger partial charge >= 0.3 is 0 Å². The van der Waals surface area contributed by atoms with Crippen molar-refractivity contribution in [1.29, 1.82) is 0 Å². The molecule has 1 fully saturated rings. The topological polar surface area (TPSA) is 73.1 Å². The van der Waals surface area contributed by atoms with Gasteiger partial charge in [0.1, 0.15) is 0 Å². The van der Waals surface area contributed by atoms with Gasteiger partial charge in [0.05, 0.1) is 6.54 Å². The second kappa shape index (κ2) is 12.7. The van der Waals surface area contributed by atoms with Gasteiger partial charge in [-0.15, -0.1) is 34.2 Å². The van der Waals surface area contributed by atoms with Gasteiger partial charge in [-0.3, -0.25) is 14.3 Å². The summed E-state index contributed by atoms with van der Waals surface area (Å²) in [5.74, 6) is 1.66. The number of guanidine groups is 1. The van der Waals surface area contributed by atoms with Crippen LogP contribution in [0.5, 0.6) is 0 Å². The van der Waals surface area contributed by atoms with Crippen molar-refractivity contribution in [2.45, 2.75) is 19.5 Å². The highest BCUT2D eigenvalue weighted by molar-refractivity contribution is 14.0. The standard InChI is InChI=1S/C23H32N8.HI/c1-24-23(26-18-22-28-27-21-10-5-6-13-31(21)22)25-11-7-12-29-14-16-30(17-15-29)19-20-8-3-2-4-9-20;/h2-6,8-10,13H,7,11-12,14-19H2,1H3,(H2,24,25,26);1H. The first kappa shape index (κ1) is 24.4. The number of pyridine rings is 1. The Morgan fingerprint density at radius 3 is 2.47 bits per heavy atom. The van der Waals surface area contributed by atoms with Gasteiger partial charge < -0.3 is 15.5 Å². The molecule has 32 heavy (non-hydrogen) atoms. The molecular formula is C23H33IN8. The van der Waals surface area contributed by atoms with E-state index >= 15 is 0 Å². The van der Waals surface area contributed by atoms with Gasteiger partial charge in [0, 0.05) is 52.5 Å². The maximum Gasteiger partial charge on any atom is 0.191 e. The molecule has 0 atom stereocenters. The van der Waals surface area contributed by atoms with E-state index in [9.17, 15) is 0 Å². The molecule has 2 N–H and O–H groups in total. The first-order chi connectivity index (χ1) is 15.3. The number of hydrogen-bond acceptors (Lipinski definition) is 5. The second-order valence-electron chi connectivity index (χ2n) is 7.85. The number of fused-ring (bicyclic) bond motifs is 1. The molecule has 3 heterocycles. The minimum absolute atomic E-state index is 0. The Bertz CT molecular complexity index is 966. The van der Waals surface area contributed by atoms with Crippen molar-refractivity contribution in [2.24, 2.45) is 4.99 Å². The lowest BCUT2D eigenvalue weighted by Gasteiger charge is -2.34. The average molecular weight is 548 g/mol. The lowest BCUT2D eigenvalue weighted by Crippen LogP contribution is -2.46. The van der Waals surface area contributed by atoms with E-state index in [1.54, 1.807) is 7.05 Å². The Labute approximate surface area is 207 Å². The van der Waals surface area contributed by atoms with E-state index in [2.05, 4.69) is 66.0 Å². The molecule has 0 amide bonds. The van der Waals surface area contributed by atoms with Crippen LogP contribution >= 0.6 is 24.0 Å². The molecule has 2 aromatic heterocycles. The van der Waals surface area contributed by atoms with Crippen LogP contribution in [-0.2, 0) is 13.1 Å². The first-order valence-electron chi connectivity index (χ1n) is 11.0. The Hall–Kier alpha value is -2.24. The van der Waals surface area contributed by atoms with Crippen LogP contribution in [0, 0.1) is 0 Å². The summed E-state index contributed by atoms with van der Waals surface area (Å²) < 4.78 is 1.98. The molecule has 0 radical (unpaired) electrons. The normalized spacial score (nSPS) is 15.5. The van der Waals surface area contributed by atoms with Crippen molar-refractivity contribution >= 4 is 35.6 Å². The maximum absolute atomic E-state index is 4.32. The Kier molecular flexibility index (Phi) is 9.69. The first-order valence-corrected chi connectivity index (χ1v) is 11.0. The highest BCUT2D eigenvalue weighted by atomic mass is 127. The largest absolute Gasteiger partial charge is 0.356 e. The molecule has 0 bridgehead atoms. The lowest BCUT2D eigenvalue weighted by atomic mass is 10.2. The Morgan fingerprint density at radius 2 is 1.69 bits per heavy atom. The number of rotatable bonds is 8. The number of halogens is 1. The summed E-state index contributed by atoms with van der Waals surface area (Å²) >= 11 is 0. The molecule has 172 valence electrons. The van der Waals surface area contributed by atoms with Crippen molar-refractivity contribution in [1.82, 2.24) is 35.0 Å². The third kappa shape index (κ3) is 6.88. The summed E-state index contributed by atoms with van der Waals surface area (Å²) in [6.45, 7) is 8.19. The van der Waals surface area contributed by atoms with Crippen LogP contribution < -0.4 is 10.6 Å². The van der Waals surface area contributed by atoms with E-state index in [-0.39, 0.29) is 24.0 Å². The second-order valence-corrected chi connectivity index (χ2v) is 7.85. The summed E-state index contributed by atoms with van der Waals surface area (Å²) in [5, 5.41) is 15.2. The summed E-state index contributed by atoms with van der Waals surface area (Å²) in [7, 11) is 1.79. The van der Waals surface area contributed by atoms with E-state index in [0.29, 0.717) is 6.54 Å². The molecule has 1 aliphatic rings. The number of aromatic nitrogens is 3. The number of piperazine rings is 1. The number of nitrogens with zero attached hydrogens (tertiary/aromatic N) is 6. The van der Waals surface area contributed by atoms with E-state index in [0.717, 1.165) is 69.7 Å². The van der Waals surface area contributed by atoms with Gasteiger partial charge in [-0.1, -0.05) is 36.4 Å². The van der Waals surface area contributed by atoms with Crippen LogP contribution in [0.25, 0.3) is 5.65 Å². The van der Waals surface area contributed by atoms with Gasteiger partial charge in [-0.25, -0.2) is 0 Å². The molecule has 9 heteroatoms. The molecule has 3 aromatic rings. The van der Waals surface area contributed by atoms with Gasteiger partial charge in [-0.2, -0.15) is 0 Å². The monoisotopic (exact) mass is 548 g/mol. The SMILES string of the molecule is CN=C(NCCCN1CCN(Cc2ccccc2)CC1)NCc1nnc2ccccn12.I. The zero-order valence-corrected chi connectivity index (χ0v) is 21.0. The van der Waals surface area contributed by atoms with E-state index in [1.807, 2.05) is 28.8 Å². The molecule has 1 aliphatic heterocycles. The zero-order valence-electron chi connectivity index (χ0n) is 18.7. The molecule has 1 saturated heterocycles. The Morgan fingerprint density at radius 1 is 0.938 bits per heavy atom. The predicted molar refractivity (Wildman–Crippen MR) is 139 cm³/mol. The fourth-order valence-corrected chi connectivity index (χ4v) is 3.92. The van der Waals surface area contributed by atoms with E-state index < -0.39 is 0 Å². The maximum atomic E-state index is 4.32. The van der Waals surface area contributed by atoms with Crippen LogP contribution in [0.1, 0.15) is 17.8 Å². The highest BCUT2D eigenvalue weighted by Gasteiger charge is 2.16. The number of aliphatic imine (C=N–C) groups is 1. The summed E-state index contributed by atoms with van der Waals surface area (Å²) in [5.41, 5.74) is 2.25. The molecule has 4 rings (SSSR count). The molecule has 0 unspecified atom stereocenters. The number of benzene rings is 1. The molecule has 0 spiro atoms. The molecule has 1 aromatic carbocycles. The Balaban J connectivity index is 0.00000289. The fourth-order valence-electron chi connectivity index (χ4n) is 3.92. The van der Waals surface area contributed by atoms with Crippen molar-refractivity contribution in [3.63, 3.8) is 0 Å². The third-order valence-electron chi connectivity index (χ3n) is 5.68. The van der Waals surface area contributed by atoms with Gasteiger partial charge in [-0.05, 0) is 30.7 Å². The summed E-state index contributed by atoms with van der Waals surface area (Å²) in [4.78, 5) is 9.42. The van der Waals surface area contributed by atoms with Crippen LogP contribution in [0.3, 0.4) is 0 Å².